The third kappa shape index (κ3) is 5.49. The molecule has 64 heavy (non-hydrogen) atoms. The van der Waals surface area contributed by atoms with Crippen molar-refractivity contribution in [3.05, 3.63) is 144 Å². The highest BCUT2D eigenvalue weighted by molar-refractivity contribution is 7.95. The van der Waals surface area contributed by atoms with E-state index in [1.807, 2.05) is 60.7 Å². The molecule has 0 unspecified atom stereocenters. The molecule has 0 amide bonds. The number of halogens is 3. The largest absolute Gasteiger partial charge is 0.526 e. The first-order valence-corrected chi connectivity index (χ1v) is 24.8. The number of rotatable bonds is 4. The minimum absolute atomic E-state index is 0.0444. The van der Waals surface area contributed by atoms with Crippen LogP contribution in [0.1, 0.15) is 47.9 Å². The molecule has 10 aromatic rings. The third-order valence-corrected chi connectivity index (χ3v) is 17.4. The summed E-state index contributed by atoms with van der Waals surface area (Å²) in [6, 6.07) is 40.9. The van der Waals surface area contributed by atoms with Gasteiger partial charge in [-0.2, -0.15) is 13.2 Å². The van der Waals surface area contributed by atoms with Gasteiger partial charge < -0.3 is 9.05 Å². The molecule has 0 aromatic heterocycles. The predicted octanol–water partition coefficient (Wildman–Crippen LogP) is 14.6. The molecule has 11 heteroatoms. The zero-order valence-electron chi connectivity index (χ0n) is 34.2. The molecule has 6 nitrogen and oxygen atoms in total. The lowest BCUT2D eigenvalue weighted by molar-refractivity contribution is -0.0443. The molecule has 1 aliphatic heterocycles. The summed E-state index contributed by atoms with van der Waals surface area (Å²) in [7, 11) is -11.8. The van der Waals surface area contributed by atoms with Crippen molar-refractivity contribution in [2.24, 2.45) is 0 Å². The van der Waals surface area contributed by atoms with Gasteiger partial charge in [0.05, 0.1) is 0 Å². The van der Waals surface area contributed by atoms with Crippen molar-refractivity contribution in [3.8, 4) is 44.9 Å². The second-order valence-electron chi connectivity index (χ2n) is 17.6. The summed E-state index contributed by atoms with van der Waals surface area (Å²) in [5.41, 5.74) is 1.87. The van der Waals surface area contributed by atoms with E-state index in [1.165, 1.54) is 4.49 Å². The predicted molar refractivity (Wildman–Crippen MR) is 250 cm³/mol. The van der Waals surface area contributed by atoms with Crippen LogP contribution >= 0.6 is 7.75 Å². The Morgan fingerprint density at radius 1 is 0.484 bits per heavy atom. The second-order valence-corrected chi connectivity index (χ2v) is 21.2. The average molecular weight is 888 g/mol. The number of hydrogen-bond donors (Lipinski definition) is 1. The average Bonchev–Trinajstić information content (AvgIpc) is 3.43. The molecule has 1 heterocycles. The van der Waals surface area contributed by atoms with Crippen LogP contribution in [0.5, 0.6) is 11.5 Å². The van der Waals surface area contributed by atoms with Gasteiger partial charge >= 0.3 is 23.3 Å². The molecule has 316 valence electrons. The highest BCUT2D eigenvalue weighted by atomic mass is 32.2. The summed E-state index contributed by atoms with van der Waals surface area (Å²) in [5, 5.41) is 12.2. The summed E-state index contributed by atoms with van der Waals surface area (Å²) < 4.78 is 99.8. The fourth-order valence-corrected chi connectivity index (χ4v) is 14.1. The number of alkyl halides is 3. The van der Waals surface area contributed by atoms with Crippen molar-refractivity contribution >= 4 is 82.4 Å². The SMILES string of the molecule is O=P1(NS(=O)(=O)C(F)(F)F)Oc2c(-c3ccc4ccc5cccc6ccc3c4c56)cc3c(c2-c2c4c(cc(-c5ccc6ccc7cccc8ccc5c6c78)c2O1)CCCC4)CCCC3. The van der Waals surface area contributed by atoms with Crippen molar-refractivity contribution in [3.63, 3.8) is 0 Å². The van der Waals surface area contributed by atoms with Crippen LogP contribution in [-0.2, 0) is 40.3 Å². The highest BCUT2D eigenvalue weighted by Crippen LogP contribution is 2.63. The maximum Gasteiger partial charge on any atom is 0.526 e. The van der Waals surface area contributed by atoms with Crippen molar-refractivity contribution in [1.29, 1.82) is 0 Å². The van der Waals surface area contributed by atoms with Crippen molar-refractivity contribution < 1.29 is 35.2 Å². The summed E-state index contributed by atoms with van der Waals surface area (Å²) in [4.78, 5) is 0. The zero-order valence-corrected chi connectivity index (χ0v) is 35.9. The summed E-state index contributed by atoms with van der Waals surface area (Å²) >= 11 is 0. The van der Waals surface area contributed by atoms with E-state index in [0.717, 1.165) is 137 Å². The van der Waals surface area contributed by atoms with Crippen LogP contribution in [0.4, 0.5) is 13.2 Å². The van der Waals surface area contributed by atoms with Gasteiger partial charge in [-0.05, 0) is 162 Å². The van der Waals surface area contributed by atoms with Crippen LogP contribution in [-0.4, -0.2) is 13.9 Å². The molecule has 0 spiro atoms. The molecule has 0 atom stereocenters. The van der Waals surface area contributed by atoms with Gasteiger partial charge in [-0.15, -0.1) is 0 Å². The fourth-order valence-electron chi connectivity index (χ4n) is 11.3. The normalized spacial score (nSPS) is 16.2. The minimum Gasteiger partial charge on any atom is -0.403 e. The van der Waals surface area contributed by atoms with Gasteiger partial charge in [-0.1, -0.05) is 114 Å². The van der Waals surface area contributed by atoms with E-state index >= 15 is 4.57 Å². The van der Waals surface area contributed by atoms with Crippen LogP contribution in [0.3, 0.4) is 0 Å². The van der Waals surface area contributed by atoms with Crippen LogP contribution in [0.25, 0.3) is 98.0 Å². The second kappa shape index (κ2) is 13.4. The molecule has 3 aliphatic rings. The van der Waals surface area contributed by atoms with Gasteiger partial charge in [0.15, 0.2) is 0 Å². The van der Waals surface area contributed by atoms with E-state index in [-0.39, 0.29) is 11.5 Å². The van der Waals surface area contributed by atoms with E-state index in [4.69, 9.17) is 9.05 Å². The minimum atomic E-state index is -6.27. The maximum atomic E-state index is 15.6. The molecule has 1 N–H and O–H groups in total. The highest BCUT2D eigenvalue weighted by Gasteiger charge is 2.53. The fraction of sp³-hybridized carbons (Fsp3) is 0.170. The smallest absolute Gasteiger partial charge is 0.403 e. The van der Waals surface area contributed by atoms with Gasteiger partial charge in [0.1, 0.15) is 11.5 Å². The van der Waals surface area contributed by atoms with Crippen molar-refractivity contribution in [2.45, 2.75) is 56.9 Å². The zero-order chi connectivity index (χ0) is 43.3. The Morgan fingerprint density at radius 3 is 1.28 bits per heavy atom. The van der Waals surface area contributed by atoms with Crippen molar-refractivity contribution in [2.75, 3.05) is 0 Å². The molecular formula is C53H37F3NO5PS. The molecule has 2 aliphatic carbocycles. The monoisotopic (exact) mass is 887 g/mol. The number of sulfonamides is 1. The van der Waals surface area contributed by atoms with Gasteiger partial charge in [0, 0.05) is 22.3 Å². The molecular weight excluding hydrogens is 851 g/mol. The lowest BCUT2D eigenvalue weighted by Crippen LogP contribution is -2.36. The third-order valence-electron chi connectivity index (χ3n) is 14.1. The standard InChI is InChI=1S/C53H37F3NO5PS/c54-53(55,56)64(59,60)57-63(58)61-51-43(39-23-19-33-17-15-29-9-5-11-31-21-25-41(39)47(33)45(29)31)27-35-7-1-3-13-37(35)49(51)50-38-14-4-2-8-36(38)28-44(52(50)62-63)40-24-20-34-18-16-30-10-6-12-32-22-26-42(40)48(34)46(30)32/h5-6,9-12,15-28H,1-4,7-8,13-14H2,(H,57,58). The first kappa shape index (κ1) is 38.3. The number of hydrogen-bond acceptors (Lipinski definition) is 5. The summed E-state index contributed by atoms with van der Waals surface area (Å²) in [6.45, 7) is 0. The van der Waals surface area contributed by atoms with Gasteiger partial charge in [-0.3, -0.25) is 0 Å². The van der Waals surface area contributed by atoms with Gasteiger partial charge in [-0.25, -0.2) is 13.0 Å². The van der Waals surface area contributed by atoms with E-state index in [2.05, 4.69) is 60.7 Å². The van der Waals surface area contributed by atoms with Crippen molar-refractivity contribution in [1.82, 2.24) is 4.49 Å². The Labute approximate surface area is 365 Å². The topological polar surface area (TPSA) is 81.7 Å². The van der Waals surface area contributed by atoms with Crippen LogP contribution in [0, 0.1) is 0 Å². The van der Waals surface area contributed by atoms with E-state index in [0.29, 0.717) is 35.1 Å². The first-order chi connectivity index (χ1) is 30.9. The molecule has 0 fully saturated rings. The molecule has 0 bridgehead atoms. The molecule has 13 rings (SSSR count). The maximum absolute atomic E-state index is 15.6. The molecule has 0 radical (unpaired) electrons. The van der Waals surface area contributed by atoms with E-state index < -0.39 is 23.3 Å². The van der Waals surface area contributed by atoms with Crippen LogP contribution in [0.15, 0.2) is 121 Å². The molecule has 0 saturated heterocycles. The van der Waals surface area contributed by atoms with E-state index in [1.54, 1.807) is 0 Å². The molecule has 10 aromatic carbocycles. The quantitative estimate of drug-likeness (QED) is 0.141. The van der Waals surface area contributed by atoms with E-state index in [9.17, 15) is 21.6 Å². The lowest BCUT2D eigenvalue weighted by Gasteiger charge is -2.28. The Hall–Kier alpha value is -6.19. The number of fused-ring (bicyclic) bond motifs is 7. The first-order valence-electron chi connectivity index (χ1n) is 21.8. The Kier molecular flexibility index (Phi) is 8.03. The lowest BCUT2D eigenvalue weighted by atomic mass is 9.76. The van der Waals surface area contributed by atoms with Gasteiger partial charge in [0.2, 0.25) is 0 Å². The number of benzene rings is 10. The summed E-state index contributed by atoms with van der Waals surface area (Å²) in [6.07, 6.45) is 6.31. The molecule has 0 saturated carbocycles. The Bertz CT molecular complexity index is 3570. The Morgan fingerprint density at radius 2 is 0.859 bits per heavy atom. The van der Waals surface area contributed by atoms with Gasteiger partial charge in [0.25, 0.3) is 0 Å². The Balaban J connectivity index is 1.18. The van der Waals surface area contributed by atoms with Crippen LogP contribution in [0.2, 0.25) is 0 Å². The van der Waals surface area contributed by atoms with Crippen LogP contribution < -0.4 is 13.5 Å². The summed E-state index contributed by atoms with van der Waals surface area (Å²) in [5.74, 6) is 0.0888. The number of nitrogens with one attached hydrogen (secondary N) is 1. The number of aryl methyl sites for hydroxylation is 2.